The maximum absolute atomic E-state index is 12.2. The monoisotopic (exact) mass is 328 g/mol. The van der Waals surface area contributed by atoms with Crippen LogP contribution in [0, 0.1) is 5.92 Å². The minimum atomic E-state index is -0.444. The number of aliphatic hydroxyl groups is 1. The molecule has 2 amide bonds. The Morgan fingerprint density at radius 3 is 2.54 bits per heavy atom. The van der Waals surface area contributed by atoms with Crippen LogP contribution in [0.1, 0.15) is 42.1 Å². The molecule has 0 aromatic heterocycles. The van der Waals surface area contributed by atoms with Crippen LogP contribution in [0.25, 0.3) is 6.08 Å². The number of hydrogen-bond acceptors (Lipinski definition) is 3. The van der Waals surface area contributed by atoms with E-state index in [0.717, 1.165) is 24.8 Å². The molecule has 2 unspecified atom stereocenters. The maximum atomic E-state index is 12.2. The van der Waals surface area contributed by atoms with Crippen molar-refractivity contribution in [3.05, 3.63) is 41.5 Å². The van der Waals surface area contributed by atoms with Gasteiger partial charge >= 0.3 is 0 Å². The smallest absolute Gasteiger partial charge is 0.251 e. The molecule has 2 aliphatic rings. The molecule has 1 aliphatic heterocycles. The summed E-state index contributed by atoms with van der Waals surface area (Å²) in [5, 5.41) is 12.8. The molecule has 0 radical (unpaired) electrons. The summed E-state index contributed by atoms with van der Waals surface area (Å²) >= 11 is 0. The van der Waals surface area contributed by atoms with Gasteiger partial charge in [-0.25, -0.2) is 0 Å². The fourth-order valence-electron chi connectivity index (χ4n) is 2.76. The predicted molar refractivity (Wildman–Crippen MR) is 92.3 cm³/mol. The molecule has 2 N–H and O–H groups in total. The van der Waals surface area contributed by atoms with Gasteiger partial charge in [-0.1, -0.05) is 19.1 Å². The zero-order chi connectivity index (χ0) is 17.1. The Bertz CT molecular complexity index is 635. The number of hydrogen-bond donors (Lipinski definition) is 2. The molecule has 128 valence electrons. The number of amides is 2. The van der Waals surface area contributed by atoms with E-state index in [9.17, 15) is 14.7 Å². The summed E-state index contributed by atoms with van der Waals surface area (Å²) in [6, 6.07) is 7.55. The van der Waals surface area contributed by atoms with Gasteiger partial charge in [0.25, 0.3) is 5.91 Å². The number of nitrogens with one attached hydrogen (secondary N) is 1. The van der Waals surface area contributed by atoms with E-state index in [-0.39, 0.29) is 17.7 Å². The van der Waals surface area contributed by atoms with Crippen molar-refractivity contribution in [2.45, 2.75) is 38.3 Å². The van der Waals surface area contributed by atoms with Gasteiger partial charge in [0.15, 0.2) is 0 Å². The Hall–Kier alpha value is -2.14. The number of β-amino-alcohol motifs (C(OH)–C–C–N with tert-alkyl or cyclic N) is 1. The van der Waals surface area contributed by atoms with Crippen LogP contribution < -0.4 is 5.32 Å². The zero-order valence-electron chi connectivity index (χ0n) is 13.9. The van der Waals surface area contributed by atoms with Gasteiger partial charge in [-0.2, -0.15) is 0 Å². The van der Waals surface area contributed by atoms with Crippen LogP contribution >= 0.6 is 0 Å². The van der Waals surface area contributed by atoms with Crippen LogP contribution in [-0.4, -0.2) is 47.1 Å². The summed E-state index contributed by atoms with van der Waals surface area (Å²) < 4.78 is 0. The average molecular weight is 328 g/mol. The molecule has 1 heterocycles. The Balaban J connectivity index is 1.55. The Kier molecular flexibility index (Phi) is 5.00. The van der Waals surface area contributed by atoms with E-state index in [4.69, 9.17) is 0 Å². The number of aliphatic hydroxyl groups excluding tert-OH is 1. The highest BCUT2D eigenvalue weighted by Crippen LogP contribution is 2.20. The molecule has 1 saturated heterocycles. The lowest BCUT2D eigenvalue weighted by Crippen LogP contribution is -2.45. The van der Waals surface area contributed by atoms with E-state index < -0.39 is 6.10 Å². The number of nitrogens with zero attached hydrogens (tertiary/aromatic N) is 1. The molecule has 3 rings (SSSR count). The van der Waals surface area contributed by atoms with Crippen LogP contribution in [0.15, 0.2) is 30.3 Å². The summed E-state index contributed by atoms with van der Waals surface area (Å²) in [4.78, 5) is 25.8. The first-order valence-corrected chi connectivity index (χ1v) is 8.59. The lowest BCUT2D eigenvalue weighted by molar-refractivity contribution is -0.130. The van der Waals surface area contributed by atoms with Crippen molar-refractivity contribution in [3.63, 3.8) is 0 Å². The number of carbonyl (C=O) groups excluding carboxylic acids is 2. The minimum absolute atomic E-state index is 0.0412. The molecule has 0 spiro atoms. The number of carbonyl (C=O) groups is 2. The molecule has 1 aliphatic carbocycles. The van der Waals surface area contributed by atoms with Gasteiger partial charge in [-0.3, -0.25) is 9.59 Å². The molecular formula is C19H24N2O3. The Morgan fingerprint density at radius 1 is 1.21 bits per heavy atom. The summed E-state index contributed by atoms with van der Waals surface area (Å²) in [6.07, 6.45) is 5.79. The van der Waals surface area contributed by atoms with Crippen LogP contribution in [0.4, 0.5) is 0 Å². The van der Waals surface area contributed by atoms with E-state index in [1.165, 1.54) is 6.08 Å². The quantitative estimate of drug-likeness (QED) is 0.829. The maximum Gasteiger partial charge on any atom is 0.251 e. The van der Waals surface area contributed by atoms with Gasteiger partial charge in [0.1, 0.15) is 0 Å². The molecule has 1 aromatic rings. The van der Waals surface area contributed by atoms with Crippen LogP contribution in [0.3, 0.4) is 0 Å². The van der Waals surface area contributed by atoms with E-state index in [2.05, 4.69) is 5.32 Å². The second-order valence-corrected chi connectivity index (χ2v) is 6.82. The Morgan fingerprint density at radius 2 is 1.92 bits per heavy atom. The number of rotatable bonds is 4. The van der Waals surface area contributed by atoms with Crippen molar-refractivity contribution in [2.75, 3.05) is 13.1 Å². The second kappa shape index (κ2) is 7.18. The van der Waals surface area contributed by atoms with Crippen molar-refractivity contribution < 1.29 is 14.7 Å². The fraction of sp³-hybridized carbons (Fsp3) is 0.474. The number of piperidine rings is 1. The van der Waals surface area contributed by atoms with Crippen LogP contribution in [0.5, 0.6) is 0 Å². The van der Waals surface area contributed by atoms with Crippen LogP contribution in [0.2, 0.25) is 0 Å². The zero-order valence-corrected chi connectivity index (χ0v) is 13.9. The fourth-order valence-corrected chi connectivity index (χ4v) is 2.76. The molecule has 5 heteroatoms. The normalized spacial score (nSPS) is 24.2. The molecule has 1 saturated carbocycles. The lowest BCUT2D eigenvalue weighted by atomic mass is 9.96. The Labute approximate surface area is 142 Å². The van der Waals surface area contributed by atoms with Gasteiger partial charge in [0, 0.05) is 30.8 Å². The summed E-state index contributed by atoms with van der Waals surface area (Å²) in [6.45, 7) is 3.08. The average Bonchev–Trinajstić information content (AvgIpc) is 3.39. The van der Waals surface area contributed by atoms with Crippen molar-refractivity contribution in [2.24, 2.45) is 5.92 Å². The van der Waals surface area contributed by atoms with Gasteiger partial charge in [0.05, 0.1) is 6.10 Å². The number of benzene rings is 1. The molecule has 0 bridgehead atoms. The highest BCUT2D eigenvalue weighted by Gasteiger charge is 2.26. The van der Waals surface area contributed by atoms with E-state index >= 15 is 0 Å². The first-order valence-electron chi connectivity index (χ1n) is 8.59. The molecule has 5 nitrogen and oxygen atoms in total. The lowest BCUT2D eigenvalue weighted by Gasteiger charge is -2.33. The second-order valence-electron chi connectivity index (χ2n) is 6.82. The van der Waals surface area contributed by atoms with E-state index in [0.29, 0.717) is 24.7 Å². The third-order valence-corrected chi connectivity index (χ3v) is 4.73. The van der Waals surface area contributed by atoms with Gasteiger partial charge < -0.3 is 15.3 Å². The molecule has 2 fully saturated rings. The summed E-state index contributed by atoms with van der Waals surface area (Å²) in [5.41, 5.74) is 1.51. The van der Waals surface area contributed by atoms with Crippen LogP contribution in [-0.2, 0) is 4.79 Å². The van der Waals surface area contributed by atoms with Gasteiger partial charge in [-0.05, 0) is 49.0 Å². The van der Waals surface area contributed by atoms with Crippen molar-refractivity contribution in [3.8, 4) is 0 Å². The van der Waals surface area contributed by atoms with Crippen molar-refractivity contribution in [1.29, 1.82) is 0 Å². The largest absolute Gasteiger partial charge is 0.391 e. The summed E-state index contributed by atoms with van der Waals surface area (Å²) in [7, 11) is 0. The van der Waals surface area contributed by atoms with E-state index in [1.54, 1.807) is 23.1 Å². The highest BCUT2D eigenvalue weighted by molar-refractivity contribution is 5.95. The van der Waals surface area contributed by atoms with Gasteiger partial charge in [0.2, 0.25) is 5.91 Å². The summed E-state index contributed by atoms with van der Waals surface area (Å²) in [5.74, 6) is 0.115. The third-order valence-electron chi connectivity index (χ3n) is 4.73. The topological polar surface area (TPSA) is 69.6 Å². The predicted octanol–water partition coefficient (Wildman–Crippen LogP) is 1.82. The highest BCUT2D eigenvalue weighted by atomic mass is 16.3. The van der Waals surface area contributed by atoms with Crippen molar-refractivity contribution in [1.82, 2.24) is 10.2 Å². The first-order chi connectivity index (χ1) is 11.5. The SMILES string of the molecule is CC1CCN(C(=O)/C=C/c2ccc(C(=O)NC3CC3)cc2)CC1O. The molecular weight excluding hydrogens is 304 g/mol. The number of likely N-dealkylation sites (tertiary alicyclic amines) is 1. The molecule has 2 atom stereocenters. The van der Waals surface area contributed by atoms with E-state index in [1.807, 2.05) is 19.1 Å². The van der Waals surface area contributed by atoms with Gasteiger partial charge in [-0.15, -0.1) is 0 Å². The molecule has 24 heavy (non-hydrogen) atoms. The van der Waals surface area contributed by atoms with Crippen molar-refractivity contribution >= 4 is 17.9 Å². The minimum Gasteiger partial charge on any atom is -0.391 e. The molecule has 1 aromatic carbocycles. The first kappa shape index (κ1) is 16.7. The third kappa shape index (κ3) is 4.23. The standard InChI is InChI=1S/C19H24N2O3/c1-13-10-11-21(12-17(13)22)18(23)9-4-14-2-5-15(6-3-14)19(24)20-16-7-8-16/h2-6,9,13,16-17,22H,7-8,10-12H2,1H3,(H,20,24)/b9-4+.